The first-order valence-electron chi connectivity index (χ1n) is 8.15. The minimum Gasteiger partial charge on any atom is -0.322 e. The number of anilines is 1. The molecule has 0 aliphatic heterocycles. The average molecular weight is 413 g/mol. The van der Waals surface area contributed by atoms with Gasteiger partial charge in [-0.2, -0.15) is 13.9 Å². The Labute approximate surface area is 160 Å². The second-order valence-electron chi connectivity index (χ2n) is 6.32. The van der Waals surface area contributed by atoms with E-state index >= 15 is 0 Å². The number of halogens is 6. The highest BCUT2D eigenvalue weighted by Gasteiger charge is 2.30. The predicted octanol–water partition coefficient (Wildman–Crippen LogP) is 5.01. The maximum Gasteiger partial charge on any atom is 0.288 e. The van der Waals surface area contributed by atoms with Gasteiger partial charge in [-0.1, -0.05) is 0 Å². The second-order valence-corrected chi connectivity index (χ2v) is 6.32. The molecule has 0 radical (unpaired) electrons. The third-order valence-electron chi connectivity index (χ3n) is 4.06. The zero-order valence-corrected chi connectivity index (χ0v) is 15.0. The van der Waals surface area contributed by atoms with Crippen LogP contribution in [0.25, 0.3) is 11.3 Å². The number of amides is 1. The molecule has 0 saturated heterocycles. The fourth-order valence-electron chi connectivity index (χ4n) is 2.68. The molecule has 29 heavy (non-hydrogen) atoms. The van der Waals surface area contributed by atoms with Crippen molar-refractivity contribution >= 4 is 11.6 Å². The Morgan fingerprint density at radius 3 is 2.14 bits per heavy atom. The molecule has 3 aromatic rings. The van der Waals surface area contributed by atoms with E-state index in [2.05, 4.69) is 10.4 Å². The second kappa shape index (κ2) is 7.26. The number of hydrogen-bond donors (Lipinski definition) is 1. The monoisotopic (exact) mass is 413 g/mol. The molecule has 0 fully saturated rings. The zero-order chi connectivity index (χ0) is 21.5. The molecule has 0 aliphatic rings. The van der Waals surface area contributed by atoms with Crippen molar-refractivity contribution < 1.29 is 31.1 Å². The highest BCUT2D eigenvalue weighted by atomic mass is 19.3. The number of aromatic nitrogens is 2. The number of hydrogen-bond acceptors (Lipinski definition) is 2. The summed E-state index contributed by atoms with van der Waals surface area (Å²) in [6, 6.07) is 4.56. The van der Waals surface area contributed by atoms with E-state index in [1.165, 1.54) is 7.05 Å². The minimum atomic E-state index is -3.31. The number of rotatable bonds is 4. The molecular formula is C19H13F6N3O. The first-order chi connectivity index (χ1) is 13.5. The number of aryl methyl sites for hydroxylation is 1. The summed E-state index contributed by atoms with van der Waals surface area (Å²) in [5.41, 5.74) is -2.41. The molecule has 0 saturated carbocycles. The zero-order valence-electron chi connectivity index (χ0n) is 15.0. The summed E-state index contributed by atoms with van der Waals surface area (Å²) in [4.78, 5) is 12.1. The SMILES string of the molecule is Cn1nc(C(C)(F)F)cc1-c1c(F)cc(NC(=O)c2ccc(F)cc2F)cc1F. The van der Waals surface area contributed by atoms with Crippen LogP contribution >= 0.6 is 0 Å². The van der Waals surface area contributed by atoms with Crippen molar-refractivity contribution in [2.45, 2.75) is 12.8 Å². The summed E-state index contributed by atoms with van der Waals surface area (Å²) in [5, 5.41) is 5.66. The summed E-state index contributed by atoms with van der Waals surface area (Å²) < 4.78 is 83.4. The number of alkyl halides is 2. The number of carbonyl (C=O) groups is 1. The van der Waals surface area contributed by atoms with Crippen molar-refractivity contribution in [3.05, 3.63) is 70.9 Å². The first kappa shape index (κ1) is 20.4. The lowest BCUT2D eigenvalue weighted by molar-refractivity contribution is 0.0122. The van der Waals surface area contributed by atoms with Gasteiger partial charge < -0.3 is 5.32 Å². The van der Waals surface area contributed by atoms with E-state index in [4.69, 9.17) is 0 Å². The lowest BCUT2D eigenvalue weighted by atomic mass is 10.1. The van der Waals surface area contributed by atoms with Crippen molar-refractivity contribution in [1.29, 1.82) is 0 Å². The number of benzene rings is 2. The molecule has 0 atom stereocenters. The maximum atomic E-state index is 14.5. The Morgan fingerprint density at radius 1 is 1.00 bits per heavy atom. The highest BCUT2D eigenvalue weighted by molar-refractivity contribution is 6.04. The van der Waals surface area contributed by atoms with Crippen molar-refractivity contribution in [2.75, 3.05) is 5.32 Å². The molecule has 1 aromatic heterocycles. The van der Waals surface area contributed by atoms with E-state index in [1.54, 1.807) is 0 Å². The van der Waals surface area contributed by atoms with E-state index in [0.717, 1.165) is 35.0 Å². The van der Waals surface area contributed by atoms with Gasteiger partial charge in [0.15, 0.2) is 0 Å². The molecule has 3 rings (SSSR count). The third-order valence-corrected chi connectivity index (χ3v) is 4.06. The van der Waals surface area contributed by atoms with Gasteiger partial charge in [-0.05, 0) is 30.3 Å². The van der Waals surface area contributed by atoms with Crippen LogP contribution in [-0.4, -0.2) is 15.7 Å². The van der Waals surface area contributed by atoms with Crippen LogP contribution in [0.1, 0.15) is 23.0 Å². The van der Waals surface area contributed by atoms with Gasteiger partial charge >= 0.3 is 0 Å². The smallest absolute Gasteiger partial charge is 0.288 e. The number of carbonyl (C=O) groups excluding carboxylic acids is 1. The van der Waals surface area contributed by atoms with E-state index in [9.17, 15) is 31.1 Å². The predicted molar refractivity (Wildman–Crippen MR) is 92.4 cm³/mol. The summed E-state index contributed by atoms with van der Waals surface area (Å²) in [5.74, 6) is -8.72. The number of nitrogens with zero attached hydrogens (tertiary/aromatic N) is 2. The van der Waals surface area contributed by atoms with Crippen LogP contribution in [0.15, 0.2) is 36.4 Å². The molecule has 1 amide bonds. The Kier molecular flexibility index (Phi) is 5.12. The van der Waals surface area contributed by atoms with Crippen LogP contribution in [0.4, 0.5) is 32.0 Å². The summed E-state index contributed by atoms with van der Waals surface area (Å²) in [7, 11) is 1.25. The Bertz CT molecular complexity index is 1080. The van der Waals surface area contributed by atoms with Crippen LogP contribution in [0.2, 0.25) is 0 Å². The van der Waals surface area contributed by atoms with Gasteiger partial charge in [0.25, 0.3) is 11.8 Å². The van der Waals surface area contributed by atoms with Gasteiger partial charge in [-0.15, -0.1) is 0 Å². The molecule has 152 valence electrons. The third kappa shape index (κ3) is 4.10. The van der Waals surface area contributed by atoms with Crippen LogP contribution in [0.3, 0.4) is 0 Å². The van der Waals surface area contributed by atoms with E-state index in [0.29, 0.717) is 13.0 Å². The Hall–Kier alpha value is -3.30. The average Bonchev–Trinajstić information content (AvgIpc) is 2.96. The number of nitrogens with one attached hydrogen (secondary N) is 1. The molecule has 0 unspecified atom stereocenters. The lowest BCUT2D eigenvalue weighted by Crippen LogP contribution is -2.14. The first-order valence-corrected chi connectivity index (χ1v) is 8.15. The van der Waals surface area contributed by atoms with Crippen LogP contribution < -0.4 is 5.32 Å². The normalized spacial score (nSPS) is 11.6. The van der Waals surface area contributed by atoms with Crippen molar-refractivity contribution in [3.63, 3.8) is 0 Å². The quantitative estimate of drug-likeness (QED) is 0.612. The van der Waals surface area contributed by atoms with Crippen molar-refractivity contribution in [1.82, 2.24) is 9.78 Å². The minimum absolute atomic E-state index is 0.237. The van der Waals surface area contributed by atoms with Crippen LogP contribution in [0, 0.1) is 23.3 Å². The van der Waals surface area contributed by atoms with Crippen molar-refractivity contribution in [3.8, 4) is 11.3 Å². The van der Waals surface area contributed by atoms with Crippen LogP contribution in [0.5, 0.6) is 0 Å². The van der Waals surface area contributed by atoms with Gasteiger partial charge in [0.1, 0.15) is 29.0 Å². The summed E-state index contributed by atoms with van der Waals surface area (Å²) >= 11 is 0. The molecule has 4 nitrogen and oxygen atoms in total. The van der Waals surface area contributed by atoms with E-state index in [-0.39, 0.29) is 11.4 Å². The van der Waals surface area contributed by atoms with Gasteiger partial charge in [-0.25, -0.2) is 17.6 Å². The fourth-order valence-corrected chi connectivity index (χ4v) is 2.68. The van der Waals surface area contributed by atoms with E-state index in [1.807, 2.05) is 0 Å². The molecular weight excluding hydrogens is 400 g/mol. The van der Waals surface area contributed by atoms with Gasteiger partial charge in [-0.3, -0.25) is 9.48 Å². The molecule has 1 N–H and O–H groups in total. The van der Waals surface area contributed by atoms with Crippen LogP contribution in [-0.2, 0) is 13.0 Å². The largest absolute Gasteiger partial charge is 0.322 e. The standard InChI is InChI=1S/C19H13F6N3O/c1-19(24,25)16-8-15(28(2)27-16)17-13(22)6-10(7-14(17)23)26-18(29)11-4-3-9(20)5-12(11)21/h3-8H,1-2H3,(H,26,29). The molecule has 2 aromatic carbocycles. The lowest BCUT2D eigenvalue weighted by Gasteiger charge is -2.10. The van der Waals surface area contributed by atoms with Gasteiger partial charge in [0, 0.05) is 25.7 Å². The Balaban J connectivity index is 1.94. The summed E-state index contributed by atoms with van der Waals surface area (Å²) in [6.07, 6.45) is 0. The molecule has 0 aliphatic carbocycles. The molecule has 10 heteroatoms. The van der Waals surface area contributed by atoms with Gasteiger partial charge in [0.05, 0.1) is 16.8 Å². The summed E-state index contributed by atoms with van der Waals surface area (Å²) in [6.45, 7) is 0.596. The molecule has 0 spiro atoms. The molecule has 1 heterocycles. The topological polar surface area (TPSA) is 46.9 Å². The Morgan fingerprint density at radius 2 is 1.62 bits per heavy atom. The molecule has 0 bridgehead atoms. The maximum absolute atomic E-state index is 14.5. The van der Waals surface area contributed by atoms with E-state index < -0.39 is 51.9 Å². The highest BCUT2D eigenvalue weighted by Crippen LogP contribution is 2.33. The fraction of sp³-hybridized carbons (Fsp3) is 0.158. The van der Waals surface area contributed by atoms with Crippen molar-refractivity contribution in [2.24, 2.45) is 7.05 Å². The van der Waals surface area contributed by atoms with Gasteiger partial charge in [0.2, 0.25) is 0 Å².